The van der Waals surface area contributed by atoms with E-state index in [0.29, 0.717) is 21.9 Å². The molecule has 0 bridgehead atoms. The molecule has 0 unspecified atom stereocenters. The number of H-pyrrole nitrogens is 1. The molecule has 124 valence electrons. The van der Waals surface area contributed by atoms with Crippen molar-refractivity contribution >= 4 is 27.5 Å². The van der Waals surface area contributed by atoms with E-state index in [9.17, 15) is 4.39 Å². The summed E-state index contributed by atoms with van der Waals surface area (Å²) >= 11 is 9.38. The summed E-state index contributed by atoms with van der Waals surface area (Å²) in [6.07, 6.45) is 2.43. The third-order valence-corrected chi connectivity index (χ3v) is 4.71. The Morgan fingerprint density at radius 1 is 1.21 bits per heavy atom. The average molecular weight is 410 g/mol. The summed E-state index contributed by atoms with van der Waals surface area (Å²) < 4.78 is 19.2. The summed E-state index contributed by atoms with van der Waals surface area (Å²) in [5, 5.41) is 0.706. The first-order valence-corrected chi connectivity index (χ1v) is 8.53. The molecule has 0 aliphatic carbocycles. The first-order chi connectivity index (χ1) is 11.6. The zero-order chi connectivity index (χ0) is 17.1. The monoisotopic (exact) mass is 408 g/mol. The number of benzene rings is 2. The number of hydrogen-bond acceptors (Lipinski definition) is 2. The van der Waals surface area contributed by atoms with Crippen molar-refractivity contribution in [2.75, 3.05) is 13.7 Å². The second kappa shape index (κ2) is 7.47. The Kier molecular flexibility index (Phi) is 5.33. The maximum Gasteiger partial charge on any atom is 0.138 e. The summed E-state index contributed by atoms with van der Waals surface area (Å²) in [5.74, 6) is 0.403. The maximum atomic E-state index is 13.7. The van der Waals surface area contributed by atoms with Crippen LogP contribution in [0.5, 0.6) is 0 Å². The molecule has 3 rings (SSSR count). The van der Waals surface area contributed by atoms with Gasteiger partial charge in [-0.3, -0.25) is 0 Å². The van der Waals surface area contributed by atoms with Gasteiger partial charge in [-0.15, -0.1) is 0 Å². The van der Waals surface area contributed by atoms with E-state index in [1.807, 2.05) is 24.3 Å². The molecular weight excluding hydrogens is 395 g/mol. The Bertz CT molecular complexity index is 866. The molecule has 24 heavy (non-hydrogen) atoms. The highest BCUT2D eigenvalue weighted by Crippen LogP contribution is 2.27. The van der Waals surface area contributed by atoms with Crippen molar-refractivity contribution in [2.45, 2.75) is 6.42 Å². The molecule has 0 spiro atoms. The van der Waals surface area contributed by atoms with Gasteiger partial charge < -0.3 is 9.72 Å². The molecule has 0 atom stereocenters. The van der Waals surface area contributed by atoms with E-state index in [2.05, 4.69) is 25.9 Å². The van der Waals surface area contributed by atoms with Gasteiger partial charge in [-0.05, 0) is 58.2 Å². The normalized spacial score (nSPS) is 11.0. The van der Waals surface area contributed by atoms with Crippen LogP contribution in [0.25, 0.3) is 22.6 Å². The van der Waals surface area contributed by atoms with Crippen LogP contribution in [-0.2, 0) is 11.2 Å². The summed E-state index contributed by atoms with van der Waals surface area (Å²) in [6, 6.07) is 10.7. The highest BCUT2D eigenvalue weighted by molar-refractivity contribution is 9.10. The molecule has 0 saturated carbocycles. The van der Waals surface area contributed by atoms with Crippen molar-refractivity contribution in [2.24, 2.45) is 0 Å². The fraction of sp³-hybridized carbons (Fsp3) is 0.167. The number of methoxy groups -OCH3 is 1. The van der Waals surface area contributed by atoms with Gasteiger partial charge in [0.1, 0.15) is 11.6 Å². The van der Waals surface area contributed by atoms with E-state index in [1.165, 1.54) is 6.07 Å². The van der Waals surface area contributed by atoms with Crippen molar-refractivity contribution < 1.29 is 9.13 Å². The van der Waals surface area contributed by atoms with Gasteiger partial charge in [-0.25, -0.2) is 9.37 Å². The predicted molar refractivity (Wildman–Crippen MR) is 97.7 cm³/mol. The smallest absolute Gasteiger partial charge is 0.138 e. The summed E-state index contributed by atoms with van der Waals surface area (Å²) in [5.41, 5.74) is 3.42. The third-order valence-electron chi connectivity index (χ3n) is 3.70. The molecule has 0 fully saturated rings. The minimum Gasteiger partial charge on any atom is -0.384 e. The first kappa shape index (κ1) is 17.1. The van der Waals surface area contributed by atoms with Gasteiger partial charge in [0.25, 0.3) is 0 Å². The largest absolute Gasteiger partial charge is 0.384 e. The van der Waals surface area contributed by atoms with Crippen molar-refractivity contribution in [1.29, 1.82) is 0 Å². The SMILES string of the molecule is COCCc1cc(-c2ncc(-c3ccc(Br)c(F)c3)[nH]2)ccc1Cl. The summed E-state index contributed by atoms with van der Waals surface area (Å²) in [6.45, 7) is 0.602. The van der Waals surface area contributed by atoms with Gasteiger partial charge in [0.2, 0.25) is 0 Å². The molecule has 1 N–H and O–H groups in total. The zero-order valence-electron chi connectivity index (χ0n) is 12.9. The van der Waals surface area contributed by atoms with Gasteiger partial charge in [0, 0.05) is 23.3 Å². The van der Waals surface area contributed by atoms with Gasteiger partial charge in [0.15, 0.2) is 0 Å². The molecule has 3 aromatic rings. The van der Waals surface area contributed by atoms with Crippen LogP contribution >= 0.6 is 27.5 Å². The Morgan fingerprint density at radius 2 is 2.00 bits per heavy atom. The molecule has 0 amide bonds. The molecule has 6 heteroatoms. The highest BCUT2D eigenvalue weighted by Gasteiger charge is 2.10. The molecule has 0 aliphatic heterocycles. The quantitative estimate of drug-likeness (QED) is 0.605. The standard InChI is InChI=1S/C18H15BrClFN2O/c1-24-7-6-11-8-13(3-5-15(11)20)18-22-10-17(23-18)12-2-4-14(19)16(21)9-12/h2-5,8-10H,6-7H2,1H3,(H,22,23). The molecule has 0 aliphatic rings. The average Bonchev–Trinajstić information content (AvgIpc) is 3.06. The van der Waals surface area contributed by atoms with Crippen LogP contribution in [0.4, 0.5) is 4.39 Å². The lowest BCUT2D eigenvalue weighted by Gasteiger charge is -2.06. The van der Waals surface area contributed by atoms with E-state index >= 15 is 0 Å². The fourth-order valence-corrected chi connectivity index (χ4v) is 2.86. The molecule has 0 saturated heterocycles. The third kappa shape index (κ3) is 3.69. The zero-order valence-corrected chi connectivity index (χ0v) is 15.3. The van der Waals surface area contributed by atoms with Gasteiger partial charge in [-0.1, -0.05) is 17.7 Å². The highest BCUT2D eigenvalue weighted by atomic mass is 79.9. The number of aromatic amines is 1. The Morgan fingerprint density at radius 3 is 2.75 bits per heavy atom. The molecular formula is C18H15BrClFN2O. The van der Waals surface area contributed by atoms with Crippen LogP contribution in [0, 0.1) is 5.82 Å². The predicted octanol–water partition coefficient (Wildman–Crippen LogP) is 5.49. The van der Waals surface area contributed by atoms with Crippen LogP contribution in [0.2, 0.25) is 5.02 Å². The van der Waals surface area contributed by atoms with Crippen molar-refractivity contribution in [3.05, 3.63) is 63.5 Å². The number of rotatable bonds is 5. The molecule has 1 heterocycles. The van der Waals surface area contributed by atoms with Gasteiger partial charge in [-0.2, -0.15) is 0 Å². The Labute approximate surface area is 153 Å². The topological polar surface area (TPSA) is 37.9 Å². The number of ether oxygens (including phenoxy) is 1. The number of nitrogens with zero attached hydrogens (tertiary/aromatic N) is 1. The molecule has 0 radical (unpaired) electrons. The number of hydrogen-bond donors (Lipinski definition) is 1. The van der Waals surface area contributed by atoms with E-state index in [-0.39, 0.29) is 5.82 Å². The first-order valence-electron chi connectivity index (χ1n) is 7.36. The number of halogens is 3. The van der Waals surface area contributed by atoms with Crippen LogP contribution in [0.15, 0.2) is 47.1 Å². The lowest BCUT2D eigenvalue weighted by Crippen LogP contribution is -1.96. The van der Waals surface area contributed by atoms with E-state index in [0.717, 1.165) is 28.8 Å². The number of aromatic nitrogens is 2. The van der Waals surface area contributed by atoms with Crippen LogP contribution in [0.1, 0.15) is 5.56 Å². The van der Waals surface area contributed by atoms with Crippen molar-refractivity contribution in [3.8, 4) is 22.6 Å². The van der Waals surface area contributed by atoms with Crippen LogP contribution in [0.3, 0.4) is 0 Å². The second-order valence-corrected chi connectivity index (χ2v) is 6.58. The number of nitrogens with one attached hydrogen (secondary N) is 1. The molecule has 2 aromatic carbocycles. The van der Waals surface area contributed by atoms with Crippen molar-refractivity contribution in [1.82, 2.24) is 9.97 Å². The fourth-order valence-electron chi connectivity index (χ4n) is 2.40. The van der Waals surface area contributed by atoms with Gasteiger partial charge in [0.05, 0.1) is 23.0 Å². The van der Waals surface area contributed by atoms with Crippen LogP contribution in [-0.4, -0.2) is 23.7 Å². The van der Waals surface area contributed by atoms with E-state index in [4.69, 9.17) is 16.3 Å². The van der Waals surface area contributed by atoms with E-state index in [1.54, 1.807) is 19.4 Å². The minimum atomic E-state index is -0.308. The summed E-state index contributed by atoms with van der Waals surface area (Å²) in [7, 11) is 1.66. The Hall–Kier alpha value is -1.69. The maximum absolute atomic E-state index is 13.7. The van der Waals surface area contributed by atoms with Gasteiger partial charge >= 0.3 is 0 Å². The minimum absolute atomic E-state index is 0.308. The lowest BCUT2D eigenvalue weighted by atomic mass is 10.1. The number of imidazole rings is 1. The second-order valence-electron chi connectivity index (χ2n) is 5.32. The van der Waals surface area contributed by atoms with Crippen molar-refractivity contribution in [3.63, 3.8) is 0 Å². The summed E-state index contributed by atoms with van der Waals surface area (Å²) in [4.78, 5) is 7.63. The Balaban J connectivity index is 1.91. The molecule has 3 nitrogen and oxygen atoms in total. The van der Waals surface area contributed by atoms with Crippen LogP contribution < -0.4 is 0 Å². The molecule has 1 aromatic heterocycles. The lowest BCUT2D eigenvalue weighted by molar-refractivity contribution is 0.202. The van der Waals surface area contributed by atoms with E-state index < -0.39 is 0 Å².